The molecule has 1 saturated heterocycles. The first kappa shape index (κ1) is 35.4. The number of allylic oxidation sites excluding steroid dienone is 1. The van der Waals surface area contributed by atoms with Crippen LogP contribution < -0.4 is 26.6 Å². The van der Waals surface area contributed by atoms with Crippen LogP contribution in [0.2, 0.25) is 0 Å². The minimum absolute atomic E-state index is 0.238. The number of ether oxygens (including phenoxy) is 1. The number of hydrogen-bond donors (Lipinski definition) is 5. The predicted molar refractivity (Wildman–Crippen MR) is 192 cm³/mol. The third-order valence-electron chi connectivity index (χ3n) is 8.88. The molecule has 1 aliphatic carbocycles. The number of fused-ring (bicyclic) bond motifs is 1. The van der Waals surface area contributed by atoms with Gasteiger partial charge in [0.1, 0.15) is 23.2 Å². The van der Waals surface area contributed by atoms with Gasteiger partial charge in [-0.1, -0.05) is 45.0 Å². The number of aliphatic imine (C=N–C) groups is 1. The molecule has 1 aromatic carbocycles. The lowest BCUT2D eigenvalue weighted by molar-refractivity contribution is 0.171. The molecule has 5 rings (SSSR count). The van der Waals surface area contributed by atoms with Crippen LogP contribution in [0.5, 0.6) is 5.75 Å². The summed E-state index contributed by atoms with van der Waals surface area (Å²) < 4.78 is 10.1. The number of piperidine rings is 1. The Morgan fingerprint density at radius 1 is 1.10 bits per heavy atom. The number of benzene rings is 1. The first-order valence-electron chi connectivity index (χ1n) is 17.0. The summed E-state index contributed by atoms with van der Waals surface area (Å²) in [6.07, 6.45) is 11.3. The van der Waals surface area contributed by atoms with E-state index in [-0.39, 0.29) is 23.0 Å². The number of nitrogens with one attached hydrogen (secondary N) is 4. The molecule has 13 heteroatoms. The van der Waals surface area contributed by atoms with Crippen LogP contribution in [0.15, 0.2) is 71.9 Å². The van der Waals surface area contributed by atoms with Gasteiger partial charge in [-0.05, 0) is 69.5 Å². The van der Waals surface area contributed by atoms with Crippen molar-refractivity contribution in [3.05, 3.63) is 83.5 Å². The fraction of sp³-hybridized carbons (Fsp3) is 0.472. The molecule has 2 atom stereocenters. The minimum atomic E-state index is -0.397. The van der Waals surface area contributed by atoms with E-state index >= 15 is 0 Å². The van der Waals surface area contributed by atoms with Crippen LogP contribution in [0, 0.1) is 16.2 Å². The average Bonchev–Trinajstić information content (AvgIpc) is 3.52. The Morgan fingerprint density at radius 2 is 1.84 bits per heavy atom. The number of likely N-dealkylation sites (tertiary alicyclic amines) is 1. The fourth-order valence-corrected chi connectivity index (χ4v) is 5.91. The van der Waals surface area contributed by atoms with Gasteiger partial charge in [0, 0.05) is 49.6 Å². The number of rotatable bonds is 8. The van der Waals surface area contributed by atoms with Crippen LogP contribution in [-0.2, 0) is 6.54 Å². The maximum atomic E-state index is 13.5. The van der Waals surface area contributed by atoms with E-state index in [0.29, 0.717) is 41.9 Å². The van der Waals surface area contributed by atoms with E-state index in [9.17, 15) is 4.79 Å². The maximum Gasteiger partial charge on any atom is 0.320 e. The van der Waals surface area contributed by atoms with Crippen LogP contribution in [-0.4, -0.2) is 75.5 Å². The number of aromatic nitrogens is 3. The summed E-state index contributed by atoms with van der Waals surface area (Å²) in [5.41, 5.74) is 8.85. The van der Waals surface area contributed by atoms with Crippen molar-refractivity contribution in [3.63, 3.8) is 0 Å². The predicted octanol–water partition coefficient (Wildman–Crippen LogP) is 4.87. The molecule has 0 bridgehead atoms. The Morgan fingerprint density at radius 3 is 2.55 bits per heavy atom. The number of likely N-dealkylation sites (N-methyl/N-ethyl adjacent to an activating group) is 1. The van der Waals surface area contributed by atoms with Crippen molar-refractivity contribution in [3.8, 4) is 5.75 Å². The Bertz CT molecular complexity index is 1740. The molecule has 1 aliphatic heterocycles. The molecule has 0 saturated carbocycles. The first-order valence-corrected chi connectivity index (χ1v) is 17.0. The van der Waals surface area contributed by atoms with Crippen molar-refractivity contribution < 1.29 is 9.53 Å². The quantitative estimate of drug-likeness (QED) is 0.170. The van der Waals surface area contributed by atoms with Crippen molar-refractivity contribution in [1.29, 1.82) is 10.8 Å². The molecular weight excluding hydrogens is 618 g/mol. The molecule has 2 unspecified atom stereocenters. The van der Waals surface area contributed by atoms with Crippen LogP contribution in [0.3, 0.4) is 0 Å². The maximum absolute atomic E-state index is 13.5. The highest BCUT2D eigenvalue weighted by molar-refractivity contribution is 6.05. The zero-order valence-corrected chi connectivity index (χ0v) is 29.4. The van der Waals surface area contributed by atoms with Crippen molar-refractivity contribution >= 4 is 23.6 Å². The molecule has 3 aromatic rings. The van der Waals surface area contributed by atoms with Gasteiger partial charge in [-0.15, -0.1) is 0 Å². The number of hydrogen-bond acceptors (Lipinski definition) is 8. The molecule has 262 valence electrons. The number of carbonyl (C=O) groups is 1. The van der Waals surface area contributed by atoms with Crippen LogP contribution >= 0.6 is 0 Å². The number of pyridine rings is 1. The van der Waals surface area contributed by atoms with Crippen LogP contribution in [0.1, 0.15) is 76.1 Å². The minimum Gasteiger partial charge on any atom is -0.484 e. The third-order valence-corrected chi connectivity index (χ3v) is 8.88. The lowest BCUT2D eigenvalue weighted by Crippen LogP contribution is -2.43. The van der Waals surface area contributed by atoms with E-state index in [1.165, 1.54) is 6.42 Å². The number of imidazole rings is 1. The number of nitrogens with zero attached hydrogens (tertiary/aromatic N) is 6. The van der Waals surface area contributed by atoms with Gasteiger partial charge in [0.05, 0.1) is 18.6 Å². The molecule has 6 N–H and O–H groups in total. The van der Waals surface area contributed by atoms with Gasteiger partial charge in [-0.25, -0.2) is 14.8 Å². The molecule has 0 spiro atoms. The summed E-state index contributed by atoms with van der Waals surface area (Å²) in [7, 11) is 4.04. The number of carbonyl (C=O) groups excluding carboxylic acids is 1. The monoisotopic (exact) mass is 669 g/mol. The van der Waals surface area contributed by atoms with E-state index < -0.39 is 6.03 Å². The second-order valence-corrected chi connectivity index (χ2v) is 14.1. The molecular formula is C36H51N11O2. The van der Waals surface area contributed by atoms with E-state index in [1.807, 2.05) is 74.8 Å². The fourth-order valence-electron chi connectivity index (χ4n) is 5.91. The number of amidine groups is 1. The molecule has 2 aromatic heterocycles. The zero-order valence-electron chi connectivity index (χ0n) is 29.4. The van der Waals surface area contributed by atoms with Crippen molar-refractivity contribution in [2.24, 2.45) is 16.1 Å². The Labute approximate surface area is 288 Å². The van der Waals surface area contributed by atoms with Gasteiger partial charge in [0.15, 0.2) is 5.82 Å². The van der Waals surface area contributed by atoms with E-state index in [1.54, 1.807) is 35.3 Å². The highest BCUT2D eigenvalue weighted by Gasteiger charge is 2.30. The molecule has 49 heavy (non-hydrogen) atoms. The van der Waals surface area contributed by atoms with Gasteiger partial charge in [0.2, 0.25) is 5.96 Å². The largest absolute Gasteiger partial charge is 0.484 e. The van der Waals surface area contributed by atoms with Gasteiger partial charge >= 0.3 is 6.03 Å². The first-order chi connectivity index (χ1) is 23.4. The highest BCUT2D eigenvalue weighted by atomic mass is 16.5. The van der Waals surface area contributed by atoms with E-state index in [4.69, 9.17) is 21.3 Å². The molecule has 1 fully saturated rings. The summed E-state index contributed by atoms with van der Waals surface area (Å²) >= 11 is 0. The Hall–Kier alpha value is -4.91. The number of nitrogens with two attached hydrogens (primary N) is 1. The lowest BCUT2D eigenvalue weighted by atomic mass is 9.85. The summed E-state index contributed by atoms with van der Waals surface area (Å²) in [5.74, 6) is 1.67. The van der Waals surface area contributed by atoms with Crippen LogP contribution in [0.25, 0.3) is 0 Å². The topological polar surface area (TPSA) is 166 Å². The van der Waals surface area contributed by atoms with E-state index in [0.717, 1.165) is 50.1 Å². The van der Waals surface area contributed by atoms with Crippen molar-refractivity contribution in [1.82, 2.24) is 34.6 Å². The Balaban J connectivity index is 1.30. The third kappa shape index (κ3) is 9.38. The SMILES string of the molecule is CN(C)CCn1cnc(/N=C(/C=C(\N)C(C)(C)C)NC(=O)NC2CCC(Oc3ccc(=N)n(C(=N)N4CCCCC4)c3)c3ccccc32)c1. The summed E-state index contributed by atoms with van der Waals surface area (Å²) in [6, 6.07) is 10.8. The van der Waals surface area contributed by atoms with E-state index in [2.05, 4.69) is 25.5 Å². The van der Waals surface area contributed by atoms with Crippen LogP contribution in [0.4, 0.5) is 10.6 Å². The van der Waals surface area contributed by atoms with Gasteiger partial charge < -0.3 is 30.2 Å². The summed E-state index contributed by atoms with van der Waals surface area (Å²) in [6.45, 7) is 9.28. The average molecular weight is 670 g/mol. The normalized spacial score (nSPS) is 18.6. The van der Waals surface area contributed by atoms with Gasteiger partial charge in [0.25, 0.3) is 0 Å². The smallest absolute Gasteiger partial charge is 0.320 e. The Kier molecular flexibility index (Phi) is 11.2. The molecule has 0 radical (unpaired) electrons. The summed E-state index contributed by atoms with van der Waals surface area (Å²) in [5, 5.41) is 23.2. The second kappa shape index (κ2) is 15.5. The summed E-state index contributed by atoms with van der Waals surface area (Å²) in [4.78, 5) is 26.7. The standard InChI is InChI=1S/C36H51N11O2/c1-36(2,3)30(37)21-32(42-33-23-45(24-40-33)20-19-44(4)5)43-35(48)41-28-14-15-29(27-12-8-7-11-26(27)28)49-25-13-16-31(38)47(22-25)34(39)46-17-9-6-10-18-46/h7-8,11-13,16,21-24,28-29,38-39H,6,9-10,14-15,17-20,37H2,1-5H3,(H2,41,42,43,48)/b30-21-,38-31?,39-34?. The number of urea groups is 1. The van der Waals surface area contributed by atoms with Crippen molar-refractivity contribution in [2.45, 2.75) is 71.6 Å². The van der Waals surface area contributed by atoms with Crippen molar-refractivity contribution in [2.75, 3.05) is 33.7 Å². The zero-order chi connectivity index (χ0) is 35.1. The molecule has 3 heterocycles. The molecule has 2 amide bonds. The highest BCUT2D eigenvalue weighted by Crippen LogP contribution is 2.38. The van der Waals surface area contributed by atoms with Gasteiger partial charge in [-0.3, -0.25) is 20.7 Å². The van der Waals surface area contributed by atoms with Gasteiger partial charge in [-0.2, -0.15) is 0 Å². The molecule has 13 nitrogen and oxygen atoms in total. The second-order valence-electron chi connectivity index (χ2n) is 14.1. The number of amides is 2. The molecule has 2 aliphatic rings. The lowest BCUT2D eigenvalue weighted by Gasteiger charge is -2.33.